The molecule has 0 atom stereocenters. The molecule has 17 heavy (non-hydrogen) atoms. The second-order valence-electron chi connectivity index (χ2n) is 4.88. The van der Waals surface area contributed by atoms with Crippen LogP contribution in [0.2, 0.25) is 0 Å². The van der Waals surface area contributed by atoms with Crippen LogP contribution in [0.5, 0.6) is 0 Å². The minimum atomic E-state index is 0.000694. The highest BCUT2D eigenvalue weighted by Gasteiger charge is 2.36. The zero-order chi connectivity index (χ0) is 11.7. The van der Waals surface area contributed by atoms with E-state index in [1.807, 2.05) is 10.5 Å². The predicted molar refractivity (Wildman–Crippen MR) is 64.6 cm³/mol. The van der Waals surface area contributed by atoms with Crippen molar-refractivity contribution in [1.29, 1.82) is 0 Å². The normalized spacial score (nSPS) is 19.6. The SMILES string of the molecule is NCC1(c2nnc3ccncn23)CCCCC1. The first-order chi connectivity index (χ1) is 8.36. The first-order valence-electron chi connectivity index (χ1n) is 6.21. The molecule has 5 heteroatoms. The van der Waals surface area contributed by atoms with E-state index in [1.54, 1.807) is 12.5 Å². The maximum absolute atomic E-state index is 6.02. The molecule has 1 aliphatic carbocycles. The van der Waals surface area contributed by atoms with Crippen LogP contribution < -0.4 is 5.73 Å². The second kappa shape index (κ2) is 4.07. The largest absolute Gasteiger partial charge is 0.329 e. The Bertz CT molecular complexity index is 512. The number of nitrogens with two attached hydrogens (primary N) is 1. The van der Waals surface area contributed by atoms with Gasteiger partial charge in [-0.2, -0.15) is 0 Å². The van der Waals surface area contributed by atoms with Crippen molar-refractivity contribution in [2.75, 3.05) is 6.54 Å². The lowest BCUT2D eigenvalue weighted by Gasteiger charge is -2.34. The Kier molecular flexibility index (Phi) is 2.55. The van der Waals surface area contributed by atoms with Crippen LogP contribution in [-0.4, -0.2) is 26.1 Å². The molecule has 0 amide bonds. The summed E-state index contributed by atoms with van der Waals surface area (Å²) >= 11 is 0. The molecule has 2 aromatic heterocycles. The van der Waals surface area contributed by atoms with Crippen LogP contribution in [0.4, 0.5) is 0 Å². The second-order valence-corrected chi connectivity index (χ2v) is 4.88. The van der Waals surface area contributed by atoms with Gasteiger partial charge in [0, 0.05) is 24.2 Å². The maximum atomic E-state index is 6.02. The third kappa shape index (κ3) is 1.61. The molecule has 0 aliphatic heterocycles. The van der Waals surface area contributed by atoms with E-state index in [2.05, 4.69) is 15.2 Å². The quantitative estimate of drug-likeness (QED) is 0.845. The summed E-state index contributed by atoms with van der Waals surface area (Å²) in [4.78, 5) is 4.15. The Morgan fingerprint density at radius 3 is 2.82 bits per heavy atom. The lowest BCUT2D eigenvalue weighted by Crippen LogP contribution is -2.39. The van der Waals surface area contributed by atoms with Gasteiger partial charge in [-0.1, -0.05) is 19.3 Å². The molecule has 0 aromatic carbocycles. The van der Waals surface area contributed by atoms with Crippen LogP contribution in [0, 0.1) is 0 Å². The van der Waals surface area contributed by atoms with Crippen molar-refractivity contribution in [3.63, 3.8) is 0 Å². The summed E-state index contributed by atoms with van der Waals surface area (Å²) in [6.07, 6.45) is 9.51. The first kappa shape index (κ1) is 10.7. The van der Waals surface area contributed by atoms with Gasteiger partial charge in [0.15, 0.2) is 5.65 Å². The fraction of sp³-hybridized carbons (Fsp3) is 0.583. The van der Waals surface area contributed by atoms with Gasteiger partial charge in [0.25, 0.3) is 0 Å². The third-order valence-electron chi connectivity index (χ3n) is 3.89. The van der Waals surface area contributed by atoms with E-state index < -0.39 is 0 Å². The molecular weight excluding hydrogens is 214 g/mol. The van der Waals surface area contributed by atoms with Crippen LogP contribution in [0.1, 0.15) is 37.9 Å². The molecule has 1 aliphatic rings. The van der Waals surface area contributed by atoms with Crippen molar-refractivity contribution in [1.82, 2.24) is 19.6 Å². The van der Waals surface area contributed by atoms with Gasteiger partial charge in [-0.05, 0) is 12.8 Å². The topological polar surface area (TPSA) is 69.1 Å². The molecule has 5 nitrogen and oxygen atoms in total. The van der Waals surface area contributed by atoms with Crippen molar-refractivity contribution in [3.8, 4) is 0 Å². The number of hydrogen-bond donors (Lipinski definition) is 1. The molecule has 3 rings (SSSR count). The van der Waals surface area contributed by atoms with Gasteiger partial charge in [0.1, 0.15) is 12.2 Å². The first-order valence-corrected chi connectivity index (χ1v) is 6.21. The van der Waals surface area contributed by atoms with E-state index >= 15 is 0 Å². The average Bonchev–Trinajstić information content (AvgIpc) is 2.84. The van der Waals surface area contributed by atoms with E-state index in [0.717, 1.165) is 24.3 Å². The van der Waals surface area contributed by atoms with Crippen LogP contribution >= 0.6 is 0 Å². The van der Waals surface area contributed by atoms with E-state index in [4.69, 9.17) is 5.73 Å². The summed E-state index contributed by atoms with van der Waals surface area (Å²) in [5.74, 6) is 0.989. The lowest BCUT2D eigenvalue weighted by atomic mass is 9.73. The zero-order valence-electron chi connectivity index (χ0n) is 9.84. The minimum absolute atomic E-state index is 0.000694. The molecule has 2 N–H and O–H groups in total. The fourth-order valence-corrected chi connectivity index (χ4v) is 2.85. The Balaban J connectivity index is 2.12. The van der Waals surface area contributed by atoms with Gasteiger partial charge in [-0.15, -0.1) is 10.2 Å². The van der Waals surface area contributed by atoms with Gasteiger partial charge >= 0.3 is 0 Å². The smallest absolute Gasteiger partial charge is 0.163 e. The molecule has 0 spiro atoms. The molecule has 90 valence electrons. The zero-order valence-corrected chi connectivity index (χ0v) is 9.84. The van der Waals surface area contributed by atoms with Crippen LogP contribution in [0.15, 0.2) is 18.6 Å². The fourth-order valence-electron chi connectivity index (χ4n) is 2.85. The number of nitrogens with zero attached hydrogens (tertiary/aromatic N) is 4. The number of fused-ring (bicyclic) bond motifs is 1. The van der Waals surface area contributed by atoms with Gasteiger partial charge in [-0.3, -0.25) is 4.40 Å². The highest BCUT2D eigenvalue weighted by molar-refractivity contribution is 5.37. The number of rotatable bonds is 2. The third-order valence-corrected chi connectivity index (χ3v) is 3.89. The van der Waals surface area contributed by atoms with Crippen LogP contribution in [0.3, 0.4) is 0 Å². The van der Waals surface area contributed by atoms with Crippen molar-refractivity contribution in [2.24, 2.45) is 5.73 Å². The molecule has 2 aromatic rings. The summed E-state index contributed by atoms with van der Waals surface area (Å²) in [5, 5.41) is 8.56. The highest BCUT2D eigenvalue weighted by Crippen LogP contribution is 2.37. The maximum Gasteiger partial charge on any atom is 0.163 e. The molecule has 0 unspecified atom stereocenters. The van der Waals surface area contributed by atoms with Gasteiger partial charge in [-0.25, -0.2) is 4.98 Å². The Hall–Kier alpha value is -1.49. The summed E-state index contributed by atoms with van der Waals surface area (Å²) in [6.45, 7) is 0.642. The van der Waals surface area contributed by atoms with E-state index in [9.17, 15) is 0 Å². The van der Waals surface area contributed by atoms with Crippen molar-refractivity contribution < 1.29 is 0 Å². The molecule has 0 radical (unpaired) electrons. The Morgan fingerprint density at radius 2 is 2.06 bits per heavy atom. The molecule has 0 bridgehead atoms. The summed E-state index contributed by atoms with van der Waals surface area (Å²) < 4.78 is 1.98. The molecular formula is C12H17N5. The van der Waals surface area contributed by atoms with E-state index in [0.29, 0.717) is 6.54 Å². The van der Waals surface area contributed by atoms with E-state index in [1.165, 1.54) is 19.3 Å². The monoisotopic (exact) mass is 231 g/mol. The van der Waals surface area contributed by atoms with Gasteiger partial charge < -0.3 is 5.73 Å². The van der Waals surface area contributed by atoms with Gasteiger partial charge in [0.2, 0.25) is 0 Å². The van der Waals surface area contributed by atoms with Crippen LogP contribution in [0.25, 0.3) is 5.65 Å². The van der Waals surface area contributed by atoms with Crippen molar-refractivity contribution in [3.05, 3.63) is 24.4 Å². The average molecular weight is 231 g/mol. The molecule has 1 fully saturated rings. The van der Waals surface area contributed by atoms with Crippen molar-refractivity contribution in [2.45, 2.75) is 37.5 Å². The highest BCUT2D eigenvalue weighted by atomic mass is 15.3. The summed E-state index contributed by atoms with van der Waals surface area (Å²) in [5.41, 5.74) is 6.87. The van der Waals surface area contributed by atoms with Gasteiger partial charge in [0.05, 0.1) is 0 Å². The number of hydrogen-bond acceptors (Lipinski definition) is 4. The number of aromatic nitrogens is 4. The molecule has 1 saturated carbocycles. The predicted octanol–water partition coefficient (Wildman–Crippen LogP) is 1.28. The summed E-state index contributed by atoms with van der Waals surface area (Å²) in [7, 11) is 0. The molecule has 2 heterocycles. The molecule has 0 saturated heterocycles. The summed E-state index contributed by atoms with van der Waals surface area (Å²) in [6, 6.07) is 1.88. The standard InChI is InChI=1S/C12H17N5/c13-8-12(5-2-1-3-6-12)11-16-15-10-4-7-14-9-17(10)11/h4,7,9H,1-3,5-6,8,13H2. The lowest BCUT2D eigenvalue weighted by molar-refractivity contribution is 0.283. The van der Waals surface area contributed by atoms with Crippen LogP contribution in [-0.2, 0) is 5.41 Å². The minimum Gasteiger partial charge on any atom is -0.329 e. The van der Waals surface area contributed by atoms with Crippen molar-refractivity contribution >= 4 is 5.65 Å². The van der Waals surface area contributed by atoms with E-state index in [-0.39, 0.29) is 5.41 Å². The Labute approximate surface area is 100 Å². The Morgan fingerprint density at radius 1 is 1.24 bits per heavy atom.